The van der Waals surface area contributed by atoms with Gasteiger partial charge in [0.1, 0.15) is 5.82 Å². The number of aromatic nitrogens is 1. The lowest BCUT2D eigenvalue weighted by molar-refractivity contribution is 0.0607. The first-order chi connectivity index (χ1) is 8.55. The Morgan fingerprint density at radius 1 is 1.17 bits per heavy atom. The molecule has 0 aliphatic rings. The summed E-state index contributed by atoms with van der Waals surface area (Å²) in [5, 5.41) is 10.4. The third kappa shape index (κ3) is 3.64. The topological polar surface area (TPSA) is 33.1 Å². The first-order valence-corrected chi connectivity index (χ1v) is 5.91. The van der Waals surface area contributed by atoms with Gasteiger partial charge in [-0.3, -0.25) is 4.98 Å². The molecule has 0 saturated heterocycles. The first-order valence-electron chi connectivity index (χ1n) is 5.91. The number of aliphatic hydroxyl groups is 1. The number of halogens is 1. The Labute approximate surface area is 106 Å². The van der Waals surface area contributed by atoms with Crippen LogP contribution in [0, 0.1) is 5.82 Å². The molecule has 1 aromatic heterocycles. The second kappa shape index (κ2) is 5.27. The van der Waals surface area contributed by atoms with Crippen LogP contribution in [0.5, 0.6) is 0 Å². The van der Waals surface area contributed by atoms with E-state index in [0.29, 0.717) is 12.8 Å². The first kappa shape index (κ1) is 12.7. The molecule has 18 heavy (non-hydrogen) atoms. The summed E-state index contributed by atoms with van der Waals surface area (Å²) in [6.45, 7) is 1.75. The molecule has 2 aromatic rings. The average molecular weight is 245 g/mol. The smallest absolute Gasteiger partial charge is 0.123 e. The van der Waals surface area contributed by atoms with Crippen molar-refractivity contribution in [3.63, 3.8) is 0 Å². The molecule has 0 fully saturated rings. The summed E-state index contributed by atoms with van der Waals surface area (Å²) in [6, 6.07) is 10.1. The molecule has 3 heteroatoms. The Morgan fingerprint density at radius 2 is 1.89 bits per heavy atom. The third-order valence-corrected chi connectivity index (χ3v) is 2.78. The van der Waals surface area contributed by atoms with Crippen molar-refractivity contribution in [2.75, 3.05) is 0 Å². The second-order valence-electron chi connectivity index (χ2n) is 4.84. The molecule has 0 aliphatic carbocycles. The van der Waals surface area contributed by atoms with Crippen molar-refractivity contribution >= 4 is 0 Å². The normalized spacial score (nSPS) is 14.2. The summed E-state index contributed by atoms with van der Waals surface area (Å²) in [5.74, 6) is -0.273. The summed E-state index contributed by atoms with van der Waals surface area (Å²) in [6.07, 6.45) is 4.35. The molecule has 1 heterocycles. The van der Waals surface area contributed by atoms with E-state index >= 15 is 0 Å². The van der Waals surface area contributed by atoms with Crippen molar-refractivity contribution in [2.45, 2.75) is 25.4 Å². The van der Waals surface area contributed by atoms with Gasteiger partial charge in [-0.1, -0.05) is 18.2 Å². The molecule has 0 spiro atoms. The van der Waals surface area contributed by atoms with Crippen LogP contribution in [0.4, 0.5) is 4.39 Å². The zero-order valence-electron chi connectivity index (χ0n) is 10.3. The van der Waals surface area contributed by atoms with E-state index in [9.17, 15) is 9.50 Å². The predicted octanol–water partition coefficient (Wildman–Crippen LogP) is 2.76. The van der Waals surface area contributed by atoms with Gasteiger partial charge in [-0.15, -0.1) is 0 Å². The molecular weight excluding hydrogens is 229 g/mol. The molecule has 0 radical (unpaired) electrons. The highest BCUT2D eigenvalue weighted by Gasteiger charge is 2.21. The average Bonchev–Trinajstić information content (AvgIpc) is 2.28. The number of rotatable bonds is 4. The third-order valence-electron chi connectivity index (χ3n) is 2.78. The van der Waals surface area contributed by atoms with E-state index in [-0.39, 0.29) is 5.82 Å². The highest BCUT2D eigenvalue weighted by molar-refractivity contribution is 5.20. The standard InChI is InChI=1S/C15H16FNO/c1-15(18,10-13-5-3-7-17-11-13)9-12-4-2-6-14(16)8-12/h2-8,11,18H,9-10H2,1H3. The van der Waals surface area contributed by atoms with Gasteiger partial charge in [-0.05, 0) is 36.2 Å². The maximum atomic E-state index is 13.1. The monoisotopic (exact) mass is 245 g/mol. The van der Waals surface area contributed by atoms with E-state index < -0.39 is 5.60 Å². The molecule has 0 aliphatic heterocycles. The van der Waals surface area contributed by atoms with Gasteiger partial charge in [0, 0.05) is 25.2 Å². The fourth-order valence-electron chi connectivity index (χ4n) is 2.09. The highest BCUT2D eigenvalue weighted by Crippen LogP contribution is 2.18. The molecule has 94 valence electrons. The molecule has 0 bridgehead atoms. The largest absolute Gasteiger partial charge is 0.389 e. The number of pyridine rings is 1. The van der Waals surface area contributed by atoms with Gasteiger partial charge in [0.2, 0.25) is 0 Å². The van der Waals surface area contributed by atoms with Crippen molar-refractivity contribution in [3.8, 4) is 0 Å². The minimum absolute atomic E-state index is 0.273. The van der Waals surface area contributed by atoms with E-state index in [0.717, 1.165) is 11.1 Å². The Hall–Kier alpha value is -1.74. The molecule has 0 saturated carbocycles. The Bertz CT molecular complexity index is 511. The van der Waals surface area contributed by atoms with Gasteiger partial charge in [-0.2, -0.15) is 0 Å². The van der Waals surface area contributed by atoms with Gasteiger partial charge < -0.3 is 5.11 Å². The van der Waals surface area contributed by atoms with Crippen molar-refractivity contribution in [3.05, 3.63) is 65.7 Å². The van der Waals surface area contributed by atoms with Crippen LogP contribution in [0.2, 0.25) is 0 Å². The van der Waals surface area contributed by atoms with E-state index in [1.807, 2.05) is 18.2 Å². The Morgan fingerprint density at radius 3 is 2.56 bits per heavy atom. The Balaban J connectivity index is 2.07. The summed E-state index contributed by atoms with van der Waals surface area (Å²) < 4.78 is 13.1. The minimum atomic E-state index is -0.906. The van der Waals surface area contributed by atoms with Crippen LogP contribution in [0.3, 0.4) is 0 Å². The molecule has 2 nitrogen and oxygen atoms in total. The fourth-order valence-corrected chi connectivity index (χ4v) is 2.09. The van der Waals surface area contributed by atoms with Gasteiger partial charge in [0.05, 0.1) is 5.60 Å². The summed E-state index contributed by atoms with van der Waals surface area (Å²) in [5.41, 5.74) is 0.861. The summed E-state index contributed by atoms with van der Waals surface area (Å²) in [4.78, 5) is 4.02. The van der Waals surface area contributed by atoms with E-state index in [1.165, 1.54) is 12.1 Å². The molecule has 1 aromatic carbocycles. The SMILES string of the molecule is CC(O)(Cc1cccnc1)Cc1cccc(F)c1. The van der Waals surface area contributed by atoms with Crippen LogP contribution in [0.25, 0.3) is 0 Å². The maximum Gasteiger partial charge on any atom is 0.123 e. The lowest BCUT2D eigenvalue weighted by Gasteiger charge is -2.23. The van der Waals surface area contributed by atoms with E-state index in [2.05, 4.69) is 4.98 Å². The van der Waals surface area contributed by atoms with E-state index in [1.54, 1.807) is 25.4 Å². The predicted molar refractivity (Wildman–Crippen MR) is 68.7 cm³/mol. The fraction of sp³-hybridized carbons (Fsp3) is 0.267. The van der Waals surface area contributed by atoms with Crippen molar-refractivity contribution in [2.24, 2.45) is 0 Å². The quantitative estimate of drug-likeness (QED) is 0.898. The maximum absolute atomic E-state index is 13.1. The highest BCUT2D eigenvalue weighted by atomic mass is 19.1. The Kier molecular flexibility index (Phi) is 3.72. The molecule has 1 atom stereocenters. The number of hydrogen-bond acceptors (Lipinski definition) is 2. The molecule has 2 rings (SSSR count). The van der Waals surface area contributed by atoms with Crippen molar-refractivity contribution in [1.82, 2.24) is 4.98 Å². The van der Waals surface area contributed by atoms with Crippen molar-refractivity contribution in [1.29, 1.82) is 0 Å². The van der Waals surface area contributed by atoms with Crippen LogP contribution in [0.1, 0.15) is 18.1 Å². The number of benzene rings is 1. The lowest BCUT2D eigenvalue weighted by atomic mass is 9.90. The van der Waals surface area contributed by atoms with Crippen molar-refractivity contribution < 1.29 is 9.50 Å². The summed E-state index contributed by atoms with van der Waals surface area (Å²) in [7, 11) is 0. The molecule has 0 amide bonds. The zero-order valence-corrected chi connectivity index (χ0v) is 10.3. The van der Waals surface area contributed by atoms with Gasteiger partial charge in [0.15, 0.2) is 0 Å². The second-order valence-corrected chi connectivity index (χ2v) is 4.84. The van der Waals surface area contributed by atoms with Crippen LogP contribution in [-0.4, -0.2) is 15.7 Å². The van der Waals surface area contributed by atoms with Gasteiger partial charge in [0.25, 0.3) is 0 Å². The van der Waals surface area contributed by atoms with Gasteiger partial charge >= 0.3 is 0 Å². The molecule has 1 N–H and O–H groups in total. The lowest BCUT2D eigenvalue weighted by Crippen LogP contribution is -2.30. The molecular formula is C15H16FNO. The van der Waals surface area contributed by atoms with E-state index in [4.69, 9.17) is 0 Å². The van der Waals surface area contributed by atoms with Crippen LogP contribution < -0.4 is 0 Å². The minimum Gasteiger partial charge on any atom is -0.389 e. The summed E-state index contributed by atoms with van der Waals surface area (Å²) >= 11 is 0. The number of hydrogen-bond donors (Lipinski definition) is 1. The van der Waals surface area contributed by atoms with Crippen LogP contribution >= 0.6 is 0 Å². The van der Waals surface area contributed by atoms with Gasteiger partial charge in [-0.25, -0.2) is 4.39 Å². The van der Waals surface area contributed by atoms with Crippen LogP contribution in [0.15, 0.2) is 48.8 Å². The zero-order chi connectivity index (χ0) is 13.0. The number of nitrogens with zero attached hydrogens (tertiary/aromatic N) is 1. The van der Waals surface area contributed by atoms with Crippen LogP contribution in [-0.2, 0) is 12.8 Å². The molecule has 1 unspecified atom stereocenters.